The summed E-state index contributed by atoms with van der Waals surface area (Å²) in [5.41, 5.74) is 0. The third-order valence-corrected chi connectivity index (χ3v) is 15.6. The molecule has 0 aromatic heterocycles. The van der Waals surface area contributed by atoms with Gasteiger partial charge in [-0.1, -0.05) is 278 Å². The minimum Gasteiger partial charge on any atom is -0.748 e. The highest BCUT2D eigenvalue weighted by atomic mass is 32.2. The second-order valence-corrected chi connectivity index (χ2v) is 23.7. The summed E-state index contributed by atoms with van der Waals surface area (Å²) in [5, 5.41) is 22.0. The Hall–Kier alpha value is -1.84. The van der Waals surface area contributed by atoms with Gasteiger partial charge in [-0.25, -0.2) is 8.42 Å². The molecular weight excluding hydrogens is 973 g/mol. The van der Waals surface area contributed by atoms with Crippen LogP contribution in [-0.2, 0) is 48.2 Å². The van der Waals surface area contributed by atoms with Crippen molar-refractivity contribution in [2.24, 2.45) is 0 Å². The lowest BCUT2D eigenvalue weighted by atomic mass is 9.99. The molecule has 14 heteroatoms. The van der Waals surface area contributed by atoms with Gasteiger partial charge in [0.15, 0.2) is 18.5 Å². The molecule has 1 saturated heterocycles. The van der Waals surface area contributed by atoms with E-state index in [2.05, 4.69) is 20.8 Å². The van der Waals surface area contributed by atoms with Crippen LogP contribution in [0.1, 0.15) is 316 Å². The zero-order valence-corrected chi connectivity index (χ0v) is 49.2. The summed E-state index contributed by atoms with van der Waals surface area (Å²) in [6.45, 7) is 5.96. The van der Waals surface area contributed by atoms with E-state index in [1.807, 2.05) is 0 Å². The van der Waals surface area contributed by atoms with Gasteiger partial charge in [0.25, 0.3) is 0 Å². The maximum absolute atomic E-state index is 13.2. The van der Waals surface area contributed by atoms with Crippen LogP contribution in [0.2, 0.25) is 0 Å². The van der Waals surface area contributed by atoms with Crippen LogP contribution < -0.4 is 0 Å². The second kappa shape index (κ2) is 50.4. The average Bonchev–Trinajstić information content (AvgIpc) is 3.38. The largest absolute Gasteiger partial charge is 0.748 e. The van der Waals surface area contributed by atoms with Crippen molar-refractivity contribution in [3.05, 3.63) is 0 Å². The fraction of sp³-hybridized carbons (Fsp3) is 0.951. The molecule has 1 aliphatic rings. The van der Waals surface area contributed by atoms with Crippen molar-refractivity contribution in [1.29, 1.82) is 0 Å². The molecule has 1 rings (SSSR count). The summed E-state index contributed by atoms with van der Waals surface area (Å²) >= 11 is 0. The SMILES string of the molecule is CCCCCCCCCCCCCCCCCCCC(=O)O[C@H]1[C@@H](OCC(COC(=O)CCCCCCCCCCCCCCC)OC(=O)CCCCCCCCCCCCCCC)O[C@H](CS(=O)(=O)[O-])[C@@H](O)[C@@H]1O. The normalized spacial score (nSPS) is 18.3. The molecular formula is C61H115O13S-. The lowest BCUT2D eigenvalue weighted by molar-refractivity contribution is -0.300. The number of hydrogen-bond donors (Lipinski definition) is 2. The molecule has 6 atom stereocenters. The van der Waals surface area contributed by atoms with Gasteiger partial charge in [0.05, 0.1) is 22.5 Å². The van der Waals surface area contributed by atoms with E-state index in [0.717, 1.165) is 64.2 Å². The van der Waals surface area contributed by atoms with Crippen molar-refractivity contribution >= 4 is 28.0 Å². The Morgan fingerprint density at radius 1 is 0.440 bits per heavy atom. The number of carbonyl (C=O) groups excluding carboxylic acids is 3. The molecule has 0 aliphatic carbocycles. The first-order valence-electron chi connectivity index (χ1n) is 31.5. The van der Waals surface area contributed by atoms with E-state index in [9.17, 15) is 37.6 Å². The third-order valence-electron chi connectivity index (χ3n) is 14.9. The molecule has 75 heavy (non-hydrogen) atoms. The van der Waals surface area contributed by atoms with Crippen molar-refractivity contribution in [3.63, 3.8) is 0 Å². The molecule has 0 amide bonds. The Morgan fingerprint density at radius 2 is 0.747 bits per heavy atom. The van der Waals surface area contributed by atoms with Crippen molar-refractivity contribution in [2.75, 3.05) is 19.0 Å². The number of ether oxygens (including phenoxy) is 5. The molecule has 1 fully saturated rings. The minimum atomic E-state index is -4.93. The fourth-order valence-corrected chi connectivity index (χ4v) is 10.8. The van der Waals surface area contributed by atoms with Crippen LogP contribution in [0.25, 0.3) is 0 Å². The van der Waals surface area contributed by atoms with Crippen LogP contribution in [0.5, 0.6) is 0 Å². The molecule has 1 aliphatic heterocycles. The molecule has 444 valence electrons. The first-order valence-corrected chi connectivity index (χ1v) is 33.1. The van der Waals surface area contributed by atoms with E-state index in [-0.39, 0.29) is 25.9 Å². The summed E-state index contributed by atoms with van der Waals surface area (Å²) in [6.07, 6.45) is 41.5. The highest BCUT2D eigenvalue weighted by Gasteiger charge is 2.48. The Kier molecular flexibility index (Phi) is 47.8. The monoisotopic (exact) mass is 1090 g/mol. The highest BCUT2D eigenvalue weighted by molar-refractivity contribution is 7.85. The van der Waals surface area contributed by atoms with Crippen LogP contribution >= 0.6 is 0 Å². The van der Waals surface area contributed by atoms with Gasteiger partial charge in [-0.2, -0.15) is 0 Å². The van der Waals surface area contributed by atoms with E-state index >= 15 is 0 Å². The van der Waals surface area contributed by atoms with Gasteiger partial charge in [-0.3, -0.25) is 14.4 Å². The second-order valence-electron chi connectivity index (χ2n) is 22.2. The minimum absolute atomic E-state index is 0.0393. The van der Waals surface area contributed by atoms with Crippen molar-refractivity contribution in [3.8, 4) is 0 Å². The number of hydrogen-bond acceptors (Lipinski definition) is 13. The number of unbranched alkanes of at least 4 members (excludes halogenated alkanes) is 40. The zero-order valence-electron chi connectivity index (χ0n) is 48.4. The van der Waals surface area contributed by atoms with Gasteiger partial charge in [-0.05, 0) is 19.3 Å². The molecule has 13 nitrogen and oxygen atoms in total. The summed E-state index contributed by atoms with van der Waals surface area (Å²) in [7, 11) is -4.93. The predicted molar refractivity (Wildman–Crippen MR) is 301 cm³/mol. The Bertz CT molecular complexity index is 1430. The number of aliphatic hydroxyl groups excluding tert-OH is 2. The molecule has 1 unspecified atom stereocenters. The molecule has 2 N–H and O–H groups in total. The number of aliphatic hydroxyl groups is 2. The topological polar surface area (TPSA) is 195 Å². The quantitative estimate of drug-likeness (QED) is 0.0253. The molecule has 1 heterocycles. The Morgan fingerprint density at radius 3 is 1.08 bits per heavy atom. The predicted octanol–water partition coefficient (Wildman–Crippen LogP) is 15.4. The molecule has 0 aromatic carbocycles. The molecule has 0 saturated carbocycles. The number of rotatable bonds is 55. The van der Waals surface area contributed by atoms with Crippen LogP contribution in [0.3, 0.4) is 0 Å². The smallest absolute Gasteiger partial charge is 0.306 e. The van der Waals surface area contributed by atoms with Crippen molar-refractivity contribution < 1.29 is 61.3 Å². The van der Waals surface area contributed by atoms with E-state index in [1.54, 1.807) is 0 Å². The lowest BCUT2D eigenvalue weighted by Crippen LogP contribution is -2.61. The summed E-state index contributed by atoms with van der Waals surface area (Å²) < 4.78 is 64.0. The van der Waals surface area contributed by atoms with Crippen LogP contribution in [0, 0.1) is 0 Å². The number of carbonyl (C=O) groups is 3. The van der Waals surface area contributed by atoms with Crippen LogP contribution in [0.15, 0.2) is 0 Å². The van der Waals surface area contributed by atoms with Gasteiger partial charge < -0.3 is 38.5 Å². The van der Waals surface area contributed by atoms with Gasteiger partial charge in [0.1, 0.15) is 24.9 Å². The zero-order chi connectivity index (χ0) is 54.9. The summed E-state index contributed by atoms with van der Waals surface area (Å²) in [4.78, 5) is 39.2. The first kappa shape index (κ1) is 71.2. The van der Waals surface area contributed by atoms with E-state index in [1.165, 1.54) is 193 Å². The lowest BCUT2D eigenvalue weighted by Gasteiger charge is -2.42. The molecule has 0 spiro atoms. The van der Waals surface area contributed by atoms with Crippen LogP contribution in [-0.4, -0.2) is 96.9 Å². The average molecular weight is 1090 g/mol. The van der Waals surface area contributed by atoms with E-state index in [4.69, 9.17) is 23.7 Å². The Labute approximate surface area is 459 Å². The standard InChI is InChI=1S/C61H116O13S/c1-4-7-10-13-16-19-22-25-26-27-28-31-34-37-40-43-46-49-57(64)74-60-59(66)58(65)54(52-75(67,68)69)73-61(60)71-51-53(72-56(63)48-45-42-39-36-33-30-24-21-18-15-12-9-6-3)50-70-55(62)47-44-41-38-35-32-29-23-20-17-14-11-8-5-2/h53-54,58-61,65-66H,4-52H2,1-3H3,(H,67,68,69)/p-1/t53?,54-,58-,59+,60-,61+/m1/s1. The van der Waals surface area contributed by atoms with Crippen molar-refractivity contribution in [1.82, 2.24) is 0 Å². The first-order chi connectivity index (χ1) is 36.4. The maximum atomic E-state index is 13.2. The van der Waals surface area contributed by atoms with Crippen molar-refractivity contribution in [2.45, 2.75) is 353 Å². The highest BCUT2D eigenvalue weighted by Crippen LogP contribution is 2.27. The van der Waals surface area contributed by atoms with Gasteiger partial charge in [0, 0.05) is 19.3 Å². The summed E-state index contributed by atoms with van der Waals surface area (Å²) in [6, 6.07) is 0. The Balaban J connectivity index is 2.72. The molecule has 0 radical (unpaired) electrons. The van der Waals surface area contributed by atoms with Gasteiger partial charge in [-0.15, -0.1) is 0 Å². The van der Waals surface area contributed by atoms with Gasteiger partial charge in [0.2, 0.25) is 0 Å². The maximum Gasteiger partial charge on any atom is 0.306 e. The van der Waals surface area contributed by atoms with E-state index in [0.29, 0.717) is 19.3 Å². The fourth-order valence-electron chi connectivity index (χ4n) is 10.1. The van der Waals surface area contributed by atoms with E-state index < -0.39 is 77.2 Å². The number of esters is 3. The van der Waals surface area contributed by atoms with Crippen LogP contribution in [0.4, 0.5) is 0 Å². The van der Waals surface area contributed by atoms with Gasteiger partial charge >= 0.3 is 17.9 Å². The third kappa shape index (κ3) is 43.7. The molecule has 0 bridgehead atoms. The molecule has 0 aromatic rings. The summed E-state index contributed by atoms with van der Waals surface area (Å²) in [5.74, 6) is -2.78.